The van der Waals surface area contributed by atoms with Crippen LogP contribution in [0, 0.1) is 0 Å². The van der Waals surface area contributed by atoms with Gasteiger partial charge in [-0.15, -0.1) is 0 Å². The molecule has 0 heterocycles. The first-order chi connectivity index (χ1) is 29.5. The predicted molar refractivity (Wildman–Crippen MR) is 256 cm³/mol. The first-order valence-corrected chi connectivity index (χ1v) is 24.9. The highest BCUT2D eigenvalue weighted by atomic mass is 16.6. The fourth-order valence-electron chi connectivity index (χ4n) is 6.71. The van der Waals surface area contributed by atoms with Crippen LogP contribution in [0.2, 0.25) is 0 Å². The third kappa shape index (κ3) is 45.9. The normalized spacial score (nSPS) is 12.7. The van der Waals surface area contributed by atoms with Crippen molar-refractivity contribution in [1.29, 1.82) is 0 Å². The highest BCUT2D eigenvalue weighted by molar-refractivity contribution is 5.71. The molecule has 6 nitrogen and oxygen atoms in total. The molecule has 0 radical (unpaired) electrons. The summed E-state index contributed by atoms with van der Waals surface area (Å²) in [6.45, 7) is 6.41. The van der Waals surface area contributed by atoms with Gasteiger partial charge in [0.15, 0.2) is 6.10 Å². The van der Waals surface area contributed by atoms with E-state index in [2.05, 4.69) is 93.7 Å². The minimum atomic E-state index is -0.806. The topological polar surface area (TPSA) is 78.9 Å². The largest absolute Gasteiger partial charge is 0.462 e. The third-order valence-electron chi connectivity index (χ3n) is 10.4. The van der Waals surface area contributed by atoms with Gasteiger partial charge in [-0.25, -0.2) is 0 Å². The number of rotatable bonds is 44. The summed E-state index contributed by atoms with van der Waals surface area (Å²) >= 11 is 0. The summed E-state index contributed by atoms with van der Waals surface area (Å²) in [7, 11) is 0. The minimum Gasteiger partial charge on any atom is -0.462 e. The molecule has 0 fully saturated rings. The average molecular weight is 837 g/mol. The first-order valence-electron chi connectivity index (χ1n) is 24.9. The van der Waals surface area contributed by atoms with Gasteiger partial charge in [-0.2, -0.15) is 0 Å². The van der Waals surface area contributed by atoms with Crippen molar-refractivity contribution in [2.75, 3.05) is 13.2 Å². The van der Waals surface area contributed by atoms with Crippen molar-refractivity contribution in [3.8, 4) is 0 Å². The smallest absolute Gasteiger partial charge is 0.306 e. The van der Waals surface area contributed by atoms with Crippen molar-refractivity contribution in [2.24, 2.45) is 0 Å². The molecule has 0 rings (SSSR count). The van der Waals surface area contributed by atoms with Crippen molar-refractivity contribution >= 4 is 17.9 Å². The standard InChI is InChI=1S/C54H92O6/c1-4-7-10-13-16-19-21-23-25-27-29-30-32-35-38-41-44-47-53(56)59-50-51(49-58-52(55)46-43-40-37-34-18-15-12-9-6-3)60-54(57)48-45-42-39-36-33-31-28-26-24-22-20-17-14-11-8-5-2/h9,12,16,18-19,23,25,29-30,34-35,38,51H,4-8,10-11,13-15,17,20-22,24,26-28,31-33,36-37,39-50H2,1-3H3/b12-9-,19-16-,25-23-,30-29-,34-18-,38-35-. The Balaban J connectivity index is 4.43. The maximum Gasteiger partial charge on any atom is 0.306 e. The van der Waals surface area contributed by atoms with E-state index in [0.29, 0.717) is 19.3 Å². The lowest BCUT2D eigenvalue weighted by Gasteiger charge is -2.18. The van der Waals surface area contributed by atoms with Gasteiger partial charge in [-0.05, 0) is 83.5 Å². The molecule has 1 atom stereocenters. The summed E-state index contributed by atoms with van der Waals surface area (Å²) in [5.41, 5.74) is 0. The van der Waals surface area contributed by atoms with Gasteiger partial charge in [0.25, 0.3) is 0 Å². The lowest BCUT2D eigenvalue weighted by atomic mass is 10.0. The number of unbranched alkanes of at least 4 members (excludes halogenated alkanes) is 21. The molecule has 0 amide bonds. The summed E-state index contributed by atoms with van der Waals surface area (Å²) in [6.07, 6.45) is 60.5. The van der Waals surface area contributed by atoms with Crippen LogP contribution in [0.3, 0.4) is 0 Å². The molecule has 0 saturated heterocycles. The summed E-state index contributed by atoms with van der Waals surface area (Å²) in [4.78, 5) is 37.8. The Hall–Kier alpha value is -3.15. The lowest BCUT2D eigenvalue weighted by molar-refractivity contribution is -0.167. The molecule has 0 saturated carbocycles. The van der Waals surface area contributed by atoms with Crippen LogP contribution in [0.15, 0.2) is 72.9 Å². The van der Waals surface area contributed by atoms with Crippen LogP contribution >= 0.6 is 0 Å². The number of hydrogen-bond acceptors (Lipinski definition) is 6. The van der Waals surface area contributed by atoms with Crippen LogP contribution in [0.1, 0.15) is 233 Å². The fourth-order valence-corrected chi connectivity index (χ4v) is 6.71. The van der Waals surface area contributed by atoms with Crippen LogP contribution < -0.4 is 0 Å². The second kappa shape index (κ2) is 48.5. The van der Waals surface area contributed by atoms with Gasteiger partial charge >= 0.3 is 17.9 Å². The van der Waals surface area contributed by atoms with E-state index in [-0.39, 0.29) is 37.5 Å². The number of allylic oxidation sites excluding steroid dienone is 12. The highest BCUT2D eigenvalue weighted by Gasteiger charge is 2.19. The number of hydrogen-bond donors (Lipinski definition) is 0. The molecule has 0 aliphatic rings. The maximum atomic E-state index is 12.8. The van der Waals surface area contributed by atoms with Gasteiger partial charge in [0, 0.05) is 19.3 Å². The monoisotopic (exact) mass is 837 g/mol. The molecule has 1 unspecified atom stereocenters. The van der Waals surface area contributed by atoms with E-state index in [9.17, 15) is 14.4 Å². The second-order valence-corrected chi connectivity index (χ2v) is 16.3. The zero-order chi connectivity index (χ0) is 43.7. The van der Waals surface area contributed by atoms with E-state index >= 15 is 0 Å². The number of ether oxygens (including phenoxy) is 3. The van der Waals surface area contributed by atoms with Crippen molar-refractivity contribution < 1.29 is 28.6 Å². The Labute approximate surface area is 370 Å². The van der Waals surface area contributed by atoms with Crippen molar-refractivity contribution in [3.05, 3.63) is 72.9 Å². The van der Waals surface area contributed by atoms with Gasteiger partial charge in [0.05, 0.1) is 0 Å². The Morgan fingerprint density at radius 1 is 0.350 bits per heavy atom. The van der Waals surface area contributed by atoms with Crippen molar-refractivity contribution in [2.45, 2.75) is 239 Å². The Morgan fingerprint density at radius 3 is 1.12 bits per heavy atom. The van der Waals surface area contributed by atoms with Crippen molar-refractivity contribution in [1.82, 2.24) is 0 Å². The van der Waals surface area contributed by atoms with E-state index in [0.717, 1.165) is 77.0 Å². The molecule has 0 bridgehead atoms. The van der Waals surface area contributed by atoms with Crippen LogP contribution in [0.4, 0.5) is 0 Å². The molecular formula is C54H92O6. The Morgan fingerprint density at radius 2 is 0.667 bits per heavy atom. The zero-order valence-corrected chi connectivity index (χ0v) is 39.2. The van der Waals surface area contributed by atoms with E-state index in [4.69, 9.17) is 14.2 Å². The zero-order valence-electron chi connectivity index (χ0n) is 39.2. The molecule has 0 aromatic carbocycles. The molecule has 6 heteroatoms. The molecule has 0 N–H and O–H groups in total. The van der Waals surface area contributed by atoms with Gasteiger partial charge in [0.2, 0.25) is 0 Å². The average Bonchev–Trinajstić information content (AvgIpc) is 3.24. The first kappa shape index (κ1) is 56.9. The van der Waals surface area contributed by atoms with E-state index < -0.39 is 6.10 Å². The summed E-state index contributed by atoms with van der Waals surface area (Å²) in [5, 5.41) is 0. The minimum absolute atomic E-state index is 0.108. The summed E-state index contributed by atoms with van der Waals surface area (Å²) in [6, 6.07) is 0. The third-order valence-corrected chi connectivity index (χ3v) is 10.4. The number of carbonyl (C=O) groups excluding carboxylic acids is 3. The molecule has 60 heavy (non-hydrogen) atoms. The van der Waals surface area contributed by atoms with Gasteiger partial charge < -0.3 is 14.2 Å². The quantitative estimate of drug-likeness (QED) is 0.0263. The maximum absolute atomic E-state index is 12.8. The molecule has 344 valence electrons. The molecule has 0 aliphatic heterocycles. The SMILES string of the molecule is CC/C=C\C/C=C\CCCCC(=O)OCC(COC(=O)CCC/C=C\C/C=C\C/C=C\C/C=C\CCCCC)OC(=O)CCCCCCCCCCCCCCCCCC. The lowest BCUT2D eigenvalue weighted by Crippen LogP contribution is -2.30. The van der Waals surface area contributed by atoms with Crippen LogP contribution in [-0.2, 0) is 28.6 Å². The van der Waals surface area contributed by atoms with Gasteiger partial charge in [0.1, 0.15) is 13.2 Å². The molecular weight excluding hydrogens is 745 g/mol. The Bertz CT molecular complexity index is 1140. The van der Waals surface area contributed by atoms with E-state index in [1.54, 1.807) is 0 Å². The summed E-state index contributed by atoms with van der Waals surface area (Å²) in [5.74, 6) is -0.998. The second-order valence-electron chi connectivity index (χ2n) is 16.3. The van der Waals surface area contributed by atoms with Crippen LogP contribution in [0.25, 0.3) is 0 Å². The predicted octanol–water partition coefficient (Wildman–Crippen LogP) is 16.3. The fraction of sp³-hybridized carbons (Fsp3) is 0.722. The number of esters is 3. The molecule has 0 aromatic rings. The van der Waals surface area contributed by atoms with Gasteiger partial charge in [-0.3, -0.25) is 14.4 Å². The van der Waals surface area contributed by atoms with E-state index in [1.165, 1.54) is 109 Å². The number of carbonyl (C=O) groups is 3. The Kier molecular flexibility index (Phi) is 46.0. The highest BCUT2D eigenvalue weighted by Crippen LogP contribution is 2.15. The van der Waals surface area contributed by atoms with Crippen molar-refractivity contribution in [3.63, 3.8) is 0 Å². The van der Waals surface area contributed by atoms with E-state index in [1.807, 2.05) is 0 Å². The molecule has 0 spiro atoms. The molecule has 0 aromatic heterocycles. The molecule has 0 aliphatic carbocycles. The summed E-state index contributed by atoms with van der Waals surface area (Å²) < 4.78 is 16.7. The van der Waals surface area contributed by atoms with Crippen LogP contribution in [0.5, 0.6) is 0 Å². The van der Waals surface area contributed by atoms with Gasteiger partial charge in [-0.1, -0.05) is 203 Å². The van der Waals surface area contributed by atoms with Crippen LogP contribution in [-0.4, -0.2) is 37.2 Å².